The highest BCUT2D eigenvalue weighted by Crippen LogP contribution is 2.22. The first kappa shape index (κ1) is 13.1. The molecule has 0 aliphatic carbocycles. The molecule has 0 aliphatic heterocycles. The first-order chi connectivity index (χ1) is 9.22. The molecule has 0 bridgehead atoms. The number of nitrogens with zero attached hydrogens (tertiary/aromatic N) is 1. The molecule has 2 aromatic rings. The van der Waals surface area contributed by atoms with E-state index in [9.17, 15) is 4.79 Å². The van der Waals surface area contributed by atoms with Crippen molar-refractivity contribution >= 4 is 5.91 Å². The molecular formula is C15H16N2O2. The molecule has 1 heterocycles. The molecule has 1 aromatic heterocycles. The Labute approximate surface area is 112 Å². The van der Waals surface area contributed by atoms with Crippen LogP contribution in [-0.4, -0.2) is 17.9 Å². The Hall–Kier alpha value is -2.36. The number of ether oxygens (including phenoxy) is 1. The van der Waals surface area contributed by atoms with E-state index in [1.54, 1.807) is 25.4 Å². The Morgan fingerprint density at radius 2 is 2.05 bits per heavy atom. The largest absolute Gasteiger partial charge is 0.457 e. The zero-order valence-corrected chi connectivity index (χ0v) is 11.0. The van der Waals surface area contributed by atoms with Gasteiger partial charge in [0.25, 0.3) is 5.91 Å². The second-order valence-electron chi connectivity index (χ2n) is 4.06. The van der Waals surface area contributed by atoms with E-state index >= 15 is 0 Å². The third kappa shape index (κ3) is 3.31. The van der Waals surface area contributed by atoms with Crippen molar-refractivity contribution in [1.82, 2.24) is 10.3 Å². The van der Waals surface area contributed by atoms with E-state index < -0.39 is 0 Å². The van der Waals surface area contributed by atoms with Gasteiger partial charge in [0, 0.05) is 19.3 Å². The molecule has 2 rings (SSSR count). The molecule has 0 saturated carbocycles. The highest BCUT2D eigenvalue weighted by Gasteiger charge is 2.06. The van der Waals surface area contributed by atoms with E-state index in [0.29, 0.717) is 11.4 Å². The number of nitrogens with one attached hydrogen (secondary N) is 1. The summed E-state index contributed by atoms with van der Waals surface area (Å²) in [5, 5.41) is 2.53. The van der Waals surface area contributed by atoms with Crippen molar-refractivity contribution < 1.29 is 9.53 Å². The lowest BCUT2D eigenvalue weighted by molar-refractivity contribution is 0.0958. The smallest absolute Gasteiger partial charge is 0.269 e. The van der Waals surface area contributed by atoms with Crippen molar-refractivity contribution in [3.8, 4) is 11.5 Å². The summed E-state index contributed by atoms with van der Waals surface area (Å²) in [5.74, 6) is 1.13. The van der Waals surface area contributed by atoms with Gasteiger partial charge in [-0.05, 0) is 30.2 Å². The van der Waals surface area contributed by atoms with E-state index in [1.807, 2.05) is 18.2 Å². The third-order valence-electron chi connectivity index (χ3n) is 2.73. The van der Waals surface area contributed by atoms with Crippen LogP contribution in [0.4, 0.5) is 0 Å². The van der Waals surface area contributed by atoms with Crippen LogP contribution in [0.3, 0.4) is 0 Å². The molecule has 1 amide bonds. The number of amides is 1. The number of hydrogen-bond donors (Lipinski definition) is 1. The van der Waals surface area contributed by atoms with Crippen molar-refractivity contribution in [2.24, 2.45) is 0 Å². The lowest BCUT2D eigenvalue weighted by Crippen LogP contribution is -2.18. The van der Waals surface area contributed by atoms with Crippen LogP contribution in [-0.2, 0) is 6.42 Å². The summed E-state index contributed by atoms with van der Waals surface area (Å²) in [7, 11) is 1.57. The number of carbonyl (C=O) groups excluding carboxylic acids is 1. The standard InChI is InChI=1S/C15H16N2O2/c1-3-11-5-4-6-12(9-11)19-13-7-8-17-14(10-13)15(18)16-2/h4-10H,3H2,1-2H3,(H,16,18). The fraction of sp³-hybridized carbons (Fsp3) is 0.200. The Kier molecular flexibility index (Phi) is 4.13. The summed E-state index contributed by atoms with van der Waals surface area (Å²) >= 11 is 0. The molecule has 19 heavy (non-hydrogen) atoms. The number of aromatic nitrogens is 1. The normalized spacial score (nSPS) is 10.0. The average Bonchev–Trinajstić information content (AvgIpc) is 2.47. The molecule has 0 aliphatic rings. The van der Waals surface area contributed by atoms with Crippen molar-refractivity contribution in [2.45, 2.75) is 13.3 Å². The molecule has 0 unspecified atom stereocenters. The van der Waals surface area contributed by atoms with Gasteiger partial charge in [0.05, 0.1) is 0 Å². The molecule has 0 fully saturated rings. The van der Waals surface area contributed by atoms with Crippen LogP contribution in [0, 0.1) is 0 Å². The number of benzene rings is 1. The van der Waals surface area contributed by atoms with E-state index in [4.69, 9.17) is 4.74 Å². The third-order valence-corrected chi connectivity index (χ3v) is 2.73. The minimum atomic E-state index is -0.229. The van der Waals surface area contributed by atoms with Crippen molar-refractivity contribution in [3.63, 3.8) is 0 Å². The molecule has 4 heteroatoms. The molecule has 1 aromatic carbocycles. The van der Waals surface area contributed by atoms with Gasteiger partial charge >= 0.3 is 0 Å². The fourth-order valence-corrected chi connectivity index (χ4v) is 1.69. The maximum Gasteiger partial charge on any atom is 0.269 e. The van der Waals surface area contributed by atoms with Crippen molar-refractivity contribution in [2.75, 3.05) is 7.05 Å². The zero-order chi connectivity index (χ0) is 13.7. The van der Waals surface area contributed by atoms with Crippen LogP contribution in [0.15, 0.2) is 42.6 Å². The summed E-state index contributed by atoms with van der Waals surface area (Å²) in [5.41, 5.74) is 1.55. The average molecular weight is 256 g/mol. The SMILES string of the molecule is CCc1cccc(Oc2ccnc(C(=O)NC)c2)c1. The summed E-state index contributed by atoms with van der Waals surface area (Å²) < 4.78 is 5.74. The topological polar surface area (TPSA) is 51.2 Å². The van der Waals surface area contributed by atoms with Crippen LogP contribution < -0.4 is 10.1 Å². The highest BCUT2D eigenvalue weighted by molar-refractivity contribution is 5.92. The van der Waals surface area contributed by atoms with Crippen LogP contribution in [0.25, 0.3) is 0 Å². The van der Waals surface area contributed by atoms with E-state index in [-0.39, 0.29) is 5.91 Å². The minimum Gasteiger partial charge on any atom is -0.457 e. The summed E-state index contributed by atoms with van der Waals surface area (Å²) in [6.45, 7) is 2.09. The molecule has 0 saturated heterocycles. The van der Waals surface area contributed by atoms with Gasteiger partial charge in [-0.25, -0.2) is 0 Å². The molecule has 0 spiro atoms. The fourth-order valence-electron chi connectivity index (χ4n) is 1.69. The minimum absolute atomic E-state index is 0.229. The van der Waals surface area contributed by atoms with E-state index in [1.165, 1.54) is 5.56 Å². The van der Waals surface area contributed by atoms with Gasteiger partial charge in [0.15, 0.2) is 0 Å². The Bertz CT molecular complexity index is 582. The summed E-state index contributed by atoms with van der Waals surface area (Å²) in [6, 6.07) is 11.2. The monoisotopic (exact) mass is 256 g/mol. The molecular weight excluding hydrogens is 240 g/mol. The second kappa shape index (κ2) is 6.00. The van der Waals surface area contributed by atoms with Gasteiger partial charge in [-0.3, -0.25) is 9.78 Å². The Morgan fingerprint density at radius 3 is 2.79 bits per heavy atom. The maximum atomic E-state index is 11.5. The van der Waals surface area contributed by atoms with Gasteiger partial charge in [-0.15, -0.1) is 0 Å². The molecule has 98 valence electrons. The van der Waals surface area contributed by atoms with Gasteiger partial charge in [-0.2, -0.15) is 0 Å². The molecule has 0 radical (unpaired) electrons. The Balaban J connectivity index is 2.20. The number of hydrogen-bond acceptors (Lipinski definition) is 3. The number of aryl methyl sites for hydroxylation is 1. The number of rotatable bonds is 4. The number of carbonyl (C=O) groups is 1. The first-order valence-corrected chi connectivity index (χ1v) is 6.18. The van der Waals surface area contributed by atoms with Gasteiger partial charge < -0.3 is 10.1 Å². The first-order valence-electron chi connectivity index (χ1n) is 6.18. The zero-order valence-electron chi connectivity index (χ0n) is 11.0. The van der Waals surface area contributed by atoms with Gasteiger partial charge in [0.2, 0.25) is 0 Å². The maximum absolute atomic E-state index is 11.5. The number of pyridine rings is 1. The van der Waals surface area contributed by atoms with E-state index in [2.05, 4.69) is 23.3 Å². The molecule has 0 atom stereocenters. The van der Waals surface area contributed by atoms with Crippen LogP contribution in [0.2, 0.25) is 0 Å². The predicted molar refractivity (Wildman–Crippen MR) is 73.5 cm³/mol. The van der Waals surface area contributed by atoms with Crippen molar-refractivity contribution in [1.29, 1.82) is 0 Å². The summed E-state index contributed by atoms with van der Waals surface area (Å²) in [6.07, 6.45) is 2.51. The molecule has 1 N–H and O–H groups in total. The summed E-state index contributed by atoms with van der Waals surface area (Å²) in [4.78, 5) is 15.5. The molecule has 4 nitrogen and oxygen atoms in total. The van der Waals surface area contributed by atoms with Crippen LogP contribution in [0.5, 0.6) is 11.5 Å². The van der Waals surface area contributed by atoms with Crippen molar-refractivity contribution in [3.05, 3.63) is 53.9 Å². The Morgan fingerprint density at radius 1 is 1.26 bits per heavy atom. The van der Waals surface area contributed by atoms with E-state index in [0.717, 1.165) is 12.2 Å². The highest BCUT2D eigenvalue weighted by atomic mass is 16.5. The van der Waals surface area contributed by atoms with Crippen LogP contribution in [0.1, 0.15) is 23.0 Å². The second-order valence-corrected chi connectivity index (χ2v) is 4.06. The lowest BCUT2D eigenvalue weighted by Gasteiger charge is -2.07. The van der Waals surface area contributed by atoms with Gasteiger partial charge in [-0.1, -0.05) is 19.1 Å². The van der Waals surface area contributed by atoms with Crippen LogP contribution >= 0.6 is 0 Å². The predicted octanol–water partition coefficient (Wildman–Crippen LogP) is 2.80. The van der Waals surface area contributed by atoms with Gasteiger partial charge in [0.1, 0.15) is 17.2 Å². The quantitative estimate of drug-likeness (QED) is 0.915. The lowest BCUT2D eigenvalue weighted by atomic mass is 10.2.